The number of aryl methyl sites for hydroxylation is 2. The fourth-order valence-corrected chi connectivity index (χ4v) is 7.21. The maximum absolute atomic E-state index is 10.8. The summed E-state index contributed by atoms with van der Waals surface area (Å²) in [7, 11) is -2.99. The first kappa shape index (κ1) is 42.3. The van der Waals surface area contributed by atoms with Gasteiger partial charge >= 0.3 is 16.8 Å². The molecule has 11 heteroatoms. The quantitative estimate of drug-likeness (QED) is 0.318. The zero-order chi connectivity index (χ0) is 33.8. The number of benzene rings is 2. The molecule has 2 N–H and O–H groups in total. The second-order valence-electron chi connectivity index (χ2n) is 13.4. The molecule has 0 spiro atoms. The molecule has 0 heterocycles. The van der Waals surface area contributed by atoms with Crippen molar-refractivity contribution in [1.29, 1.82) is 0 Å². The summed E-state index contributed by atoms with van der Waals surface area (Å²) in [6.45, 7) is 20.2. The predicted octanol–water partition coefficient (Wildman–Crippen LogP) is 3.67. The molecule has 1 aliphatic carbocycles. The van der Waals surface area contributed by atoms with Crippen molar-refractivity contribution in [3.05, 3.63) is 46.5 Å². The normalized spacial score (nSPS) is 16.7. The summed E-state index contributed by atoms with van der Waals surface area (Å²) in [4.78, 5) is 27.6. The van der Waals surface area contributed by atoms with E-state index in [1.165, 1.54) is 10.4 Å². The van der Waals surface area contributed by atoms with Gasteiger partial charge in [0, 0.05) is 35.5 Å². The largest absolute Gasteiger partial charge is 2.00 e. The number of aromatic hydroxyl groups is 2. The maximum Gasteiger partial charge on any atom is 2.00 e. The molecule has 1 radical (unpaired) electrons. The molecule has 45 heavy (non-hydrogen) atoms. The number of hydrogen-bond donors (Lipinski definition) is 2. The molecule has 1 saturated carbocycles. The van der Waals surface area contributed by atoms with Gasteiger partial charge in [-0.05, 0) is 63.5 Å². The van der Waals surface area contributed by atoms with Crippen LogP contribution in [0.25, 0.3) is 0 Å². The first-order valence-corrected chi connectivity index (χ1v) is 22.4. The summed E-state index contributed by atoms with van der Waals surface area (Å²) < 4.78 is 0. The number of carboxylic acid groups (broad SMARTS) is 2. The van der Waals surface area contributed by atoms with Crippen molar-refractivity contribution in [2.24, 2.45) is 9.98 Å². The van der Waals surface area contributed by atoms with Crippen molar-refractivity contribution in [2.75, 3.05) is 0 Å². The van der Waals surface area contributed by atoms with Gasteiger partial charge in [0.25, 0.3) is 0 Å². The molecule has 3 rings (SSSR count). The third-order valence-corrected chi connectivity index (χ3v) is 11.4. The Morgan fingerprint density at radius 1 is 0.756 bits per heavy atom. The van der Waals surface area contributed by atoms with Crippen LogP contribution in [0.4, 0.5) is 0 Å². The number of phenolic OH excluding ortho intramolecular Hbond substituents is 2. The summed E-state index contributed by atoms with van der Waals surface area (Å²) in [5.41, 5.74) is 3.71. The van der Waals surface area contributed by atoms with E-state index in [0.717, 1.165) is 74.6 Å². The van der Waals surface area contributed by atoms with Gasteiger partial charge in [-0.3, -0.25) is 9.98 Å². The van der Waals surface area contributed by atoms with Gasteiger partial charge in [-0.2, -0.15) is 0 Å². The van der Waals surface area contributed by atoms with Gasteiger partial charge in [-0.15, -0.1) is 0 Å². The van der Waals surface area contributed by atoms with Crippen molar-refractivity contribution >= 4 is 50.9 Å². The SMILES string of the molecule is CC(=O)[O-].CC(=O)[O-].CCc1cc([Si](C)(C)C)cc(C=NC2CCCC(N=Cc3cc([Si](C)(C)C)cc(CC)c3O)C2)c1O.[Co+2]. The van der Waals surface area contributed by atoms with Gasteiger partial charge in [-0.25, -0.2) is 0 Å². The van der Waals surface area contributed by atoms with Crippen LogP contribution in [-0.4, -0.2) is 62.8 Å². The first-order valence-electron chi connectivity index (χ1n) is 15.4. The molecule has 2 aromatic carbocycles. The summed E-state index contributed by atoms with van der Waals surface area (Å²) in [5, 5.41) is 42.1. The van der Waals surface area contributed by atoms with E-state index < -0.39 is 28.1 Å². The molecule has 1 aliphatic rings. The molecule has 0 aliphatic heterocycles. The van der Waals surface area contributed by atoms with Gasteiger partial charge in [-0.1, -0.05) is 87.8 Å². The number of nitrogens with zero attached hydrogens (tertiary/aromatic N) is 2. The van der Waals surface area contributed by atoms with Gasteiger partial charge in [0.05, 0.1) is 28.2 Å². The standard InChI is InChI=1S/C30H46N2O2Si2.2C2H4O2.Co/c1-9-21-14-27(35(3,4)5)16-23(29(21)33)19-31-25-12-11-13-26(18-25)32-20-24-17-28(36(6,7)8)15-22(10-2)30(24)34;2*1-2(3)4;/h14-17,19-20,25-26,33-34H,9-13,18H2,1-8H3;2*1H3,(H,3,4);/q;;;+2/p-2. The van der Waals surface area contributed by atoms with E-state index in [4.69, 9.17) is 29.8 Å². The van der Waals surface area contributed by atoms with Crippen LogP contribution in [0.5, 0.6) is 11.5 Å². The number of aliphatic imine (C=N–C) groups is 2. The van der Waals surface area contributed by atoms with Crippen molar-refractivity contribution < 1.29 is 46.8 Å². The average Bonchev–Trinajstić information content (AvgIpc) is 2.90. The van der Waals surface area contributed by atoms with E-state index >= 15 is 0 Å². The number of aliphatic carboxylic acids is 2. The van der Waals surface area contributed by atoms with Crippen LogP contribution in [0.1, 0.15) is 75.6 Å². The summed E-state index contributed by atoms with van der Waals surface area (Å²) in [6.07, 6.45) is 9.51. The Bertz CT molecular complexity index is 1230. The Morgan fingerprint density at radius 3 is 1.33 bits per heavy atom. The molecule has 1 fully saturated rings. The van der Waals surface area contributed by atoms with Crippen LogP contribution in [0.3, 0.4) is 0 Å². The topological polar surface area (TPSA) is 145 Å². The fourth-order valence-electron chi connectivity index (χ4n) is 4.82. The van der Waals surface area contributed by atoms with Crippen molar-refractivity contribution in [2.45, 2.75) is 118 Å². The Balaban J connectivity index is 0.00000192. The number of rotatable bonds is 8. The van der Waals surface area contributed by atoms with E-state index in [1.807, 2.05) is 12.4 Å². The van der Waals surface area contributed by atoms with Crippen LogP contribution < -0.4 is 20.6 Å². The Kier molecular flexibility index (Phi) is 17.9. The van der Waals surface area contributed by atoms with Crippen molar-refractivity contribution in [3.63, 3.8) is 0 Å². The minimum atomic E-state index is -1.50. The molecule has 251 valence electrons. The number of carbonyl (C=O) groups is 2. The molecule has 8 nitrogen and oxygen atoms in total. The molecule has 2 atom stereocenters. The molecule has 0 amide bonds. The van der Waals surface area contributed by atoms with E-state index in [-0.39, 0.29) is 28.9 Å². The summed E-state index contributed by atoms with van der Waals surface area (Å²) in [5.74, 6) is -1.42. The maximum atomic E-state index is 10.8. The van der Waals surface area contributed by atoms with E-state index in [1.54, 1.807) is 0 Å². The third-order valence-electron chi connectivity index (χ3n) is 7.40. The van der Waals surface area contributed by atoms with Gasteiger partial charge in [0.1, 0.15) is 11.5 Å². The zero-order valence-corrected chi connectivity index (χ0v) is 31.7. The molecule has 0 saturated heterocycles. The molecule has 0 aromatic heterocycles. The van der Waals surface area contributed by atoms with Gasteiger partial charge in [0.2, 0.25) is 0 Å². The van der Waals surface area contributed by atoms with Crippen LogP contribution in [0.2, 0.25) is 39.3 Å². The van der Waals surface area contributed by atoms with Crippen LogP contribution in [0.15, 0.2) is 34.3 Å². The minimum Gasteiger partial charge on any atom is -0.550 e. The van der Waals surface area contributed by atoms with E-state index in [0.29, 0.717) is 11.5 Å². The first-order chi connectivity index (χ1) is 20.3. The molecular formula is C34H52CoN2O6Si2. The van der Waals surface area contributed by atoms with Gasteiger partial charge in [0.15, 0.2) is 0 Å². The molecule has 2 aromatic rings. The predicted molar refractivity (Wildman–Crippen MR) is 184 cm³/mol. The van der Waals surface area contributed by atoms with Crippen LogP contribution in [-0.2, 0) is 39.2 Å². The van der Waals surface area contributed by atoms with Gasteiger partial charge < -0.3 is 30.0 Å². The van der Waals surface area contributed by atoms with Crippen LogP contribution >= 0.6 is 0 Å². The van der Waals surface area contributed by atoms with E-state index in [2.05, 4.69) is 77.4 Å². The minimum absolute atomic E-state index is 0. The Hall–Kier alpha value is -2.74. The average molecular weight is 700 g/mol. The van der Waals surface area contributed by atoms with E-state index in [9.17, 15) is 10.2 Å². The Morgan fingerprint density at radius 2 is 1.07 bits per heavy atom. The second kappa shape index (κ2) is 19.0. The number of carboxylic acids is 2. The zero-order valence-electron chi connectivity index (χ0n) is 28.6. The van der Waals surface area contributed by atoms with Crippen molar-refractivity contribution in [1.82, 2.24) is 0 Å². The fraction of sp³-hybridized carbons (Fsp3) is 0.529. The van der Waals surface area contributed by atoms with Crippen LogP contribution in [0, 0.1) is 0 Å². The Labute approximate surface area is 282 Å². The summed E-state index contributed by atoms with van der Waals surface area (Å²) in [6, 6.07) is 9.05. The third kappa shape index (κ3) is 14.9. The number of phenols is 2. The second-order valence-corrected chi connectivity index (χ2v) is 23.5. The molecule has 2 unspecified atom stereocenters. The van der Waals surface area contributed by atoms with Crippen molar-refractivity contribution in [3.8, 4) is 11.5 Å². The smallest absolute Gasteiger partial charge is 0.550 e. The monoisotopic (exact) mass is 699 g/mol. The number of carbonyl (C=O) groups excluding carboxylic acids is 2. The number of hydrogen-bond acceptors (Lipinski definition) is 8. The molecular weight excluding hydrogens is 647 g/mol. The summed E-state index contributed by atoms with van der Waals surface area (Å²) >= 11 is 0. The molecule has 0 bridgehead atoms.